The van der Waals surface area contributed by atoms with Crippen LogP contribution in [0.1, 0.15) is 38.9 Å². The van der Waals surface area contributed by atoms with Crippen LogP contribution in [-0.2, 0) is 18.3 Å². The molecule has 144 valence electrons. The highest BCUT2D eigenvalue weighted by Gasteiger charge is 2.25. The van der Waals surface area contributed by atoms with Crippen molar-refractivity contribution in [3.63, 3.8) is 0 Å². The van der Waals surface area contributed by atoms with Crippen molar-refractivity contribution in [1.29, 1.82) is 0 Å². The fraction of sp³-hybridized carbons (Fsp3) is 0.579. The van der Waals surface area contributed by atoms with E-state index in [2.05, 4.69) is 24.0 Å². The summed E-state index contributed by atoms with van der Waals surface area (Å²) in [5.41, 5.74) is 0.804. The highest BCUT2D eigenvalue weighted by Crippen LogP contribution is 2.22. The van der Waals surface area contributed by atoms with Crippen LogP contribution in [0, 0.1) is 11.8 Å². The summed E-state index contributed by atoms with van der Waals surface area (Å²) in [4.78, 5) is 27.0. The summed E-state index contributed by atoms with van der Waals surface area (Å²) in [7, 11) is 1.72. The Morgan fingerprint density at radius 3 is 2.74 bits per heavy atom. The summed E-state index contributed by atoms with van der Waals surface area (Å²) in [6.07, 6.45) is 3.11. The number of fused-ring (bicyclic) bond motifs is 3. The van der Waals surface area contributed by atoms with E-state index in [1.165, 1.54) is 22.3 Å². The van der Waals surface area contributed by atoms with Crippen LogP contribution < -0.4 is 5.56 Å². The van der Waals surface area contributed by atoms with Gasteiger partial charge in [0.25, 0.3) is 5.56 Å². The zero-order valence-corrected chi connectivity index (χ0v) is 16.8. The molecule has 3 aromatic heterocycles. The molecule has 27 heavy (non-hydrogen) atoms. The third kappa shape index (κ3) is 3.26. The summed E-state index contributed by atoms with van der Waals surface area (Å²) in [5, 5.41) is 10.4. The van der Waals surface area contributed by atoms with E-state index in [4.69, 9.17) is 0 Å². The smallest absolute Gasteiger partial charge is 0.272 e. The molecular formula is C19H25N5O2S. The number of aromatic nitrogens is 4. The molecule has 0 aromatic carbocycles. The van der Waals surface area contributed by atoms with Gasteiger partial charge in [0, 0.05) is 33.0 Å². The number of likely N-dealkylation sites (tertiary alicyclic amines) is 1. The first-order chi connectivity index (χ1) is 13.0. The standard InChI is InChI=1S/C19H25N5O2S/c1-12-9-13(2)11-23(10-12)16(25)6-4-5-15-20-21-19-22(3)18(26)17-14(24(15)19)7-8-27-17/h7-8,12-13H,4-6,9-11H2,1-3H3/t12-,13-/m0/s1. The quantitative estimate of drug-likeness (QED) is 0.689. The summed E-state index contributed by atoms with van der Waals surface area (Å²) < 4.78 is 4.19. The number of amides is 1. The number of carbonyl (C=O) groups is 1. The number of carbonyl (C=O) groups excluding carboxylic acids is 1. The van der Waals surface area contributed by atoms with Crippen LogP contribution >= 0.6 is 11.3 Å². The van der Waals surface area contributed by atoms with Gasteiger partial charge >= 0.3 is 0 Å². The van der Waals surface area contributed by atoms with E-state index in [0.717, 1.165) is 30.9 Å². The molecular weight excluding hydrogens is 362 g/mol. The molecule has 2 atom stereocenters. The Balaban J connectivity index is 1.50. The molecule has 8 heteroatoms. The molecule has 1 aliphatic rings. The number of rotatable bonds is 4. The summed E-state index contributed by atoms with van der Waals surface area (Å²) >= 11 is 1.43. The largest absolute Gasteiger partial charge is 0.342 e. The van der Waals surface area contributed by atoms with Crippen LogP contribution in [0.15, 0.2) is 16.2 Å². The van der Waals surface area contributed by atoms with Crippen LogP contribution in [0.4, 0.5) is 0 Å². The molecule has 3 aromatic rings. The van der Waals surface area contributed by atoms with Crippen LogP contribution in [0.2, 0.25) is 0 Å². The molecule has 4 heterocycles. The number of piperidine rings is 1. The average molecular weight is 388 g/mol. The monoisotopic (exact) mass is 387 g/mol. The zero-order valence-electron chi connectivity index (χ0n) is 16.0. The molecule has 0 spiro atoms. The minimum absolute atomic E-state index is 0.0463. The lowest BCUT2D eigenvalue weighted by atomic mass is 9.91. The number of hydrogen-bond acceptors (Lipinski definition) is 5. The SMILES string of the molecule is C[C@H]1C[C@H](C)CN(C(=O)CCCc2nnc3n(C)c(=O)c4sccc4n23)C1. The maximum atomic E-state index is 12.6. The summed E-state index contributed by atoms with van der Waals surface area (Å²) in [6, 6.07) is 1.93. The molecule has 7 nitrogen and oxygen atoms in total. The van der Waals surface area contributed by atoms with Crippen molar-refractivity contribution in [2.24, 2.45) is 18.9 Å². The van der Waals surface area contributed by atoms with Gasteiger partial charge in [-0.05, 0) is 36.1 Å². The van der Waals surface area contributed by atoms with E-state index in [-0.39, 0.29) is 11.5 Å². The van der Waals surface area contributed by atoms with Crippen LogP contribution in [-0.4, -0.2) is 43.1 Å². The zero-order chi connectivity index (χ0) is 19.1. The number of aryl methyl sites for hydroxylation is 2. The lowest BCUT2D eigenvalue weighted by molar-refractivity contribution is -0.133. The second-order valence-corrected chi connectivity index (χ2v) is 8.77. The second-order valence-electron chi connectivity index (χ2n) is 7.85. The lowest BCUT2D eigenvalue weighted by Gasteiger charge is -2.35. The third-order valence-corrected chi connectivity index (χ3v) is 6.30. The van der Waals surface area contributed by atoms with Crippen molar-refractivity contribution in [3.8, 4) is 0 Å². The van der Waals surface area contributed by atoms with Crippen molar-refractivity contribution in [3.05, 3.63) is 27.6 Å². The molecule has 0 radical (unpaired) electrons. The van der Waals surface area contributed by atoms with Gasteiger partial charge in [-0.1, -0.05) is 13.8 Å². The number of nitrogens with zero attached hydrogens (tertiary/aromatic N) is 5. The van der Waals surface area contributed by atoms with Gasteiger partial charge in [0.1, 0.15) is 10.5 Å². The van der Waals surface area contributed by atoms with Crippen molar-refractivity contribution >= 4 is 33.2 Å². The maximum Gasteiger partial charge on any atom is 0.272 e. The van der Waals surface area contributed by atoms with Crippen LogP contribution in [0.25, 0.3) is 16.0 Å². The number of thiophene rings is 1. The maximum absolute atomic E-state index is 12.6. The van der Waals surface area contributed by atoms with Crippen LogP contribution in [0.3, 0.4) is 0 Å². The van der Waals surface area contributed by atoms with Crippen molar-refractivity contribution in [1.82, 2.24) is 24.1 Å². The Morgan fingerprint density at radius 1 is 1.26 bits per heavy atom. The minimum Gasteiger partial charge on any atom is -0.342 e. The van der Waals surface area contributed by atoms with E-state index in [9.17, 15) is 9.59 Å². The average Bonchev–Trinajstić information content (AvgIpc) is 3.25. The topological polar surface area (TPSA) is 72.5 Å². The number of hydrogen-bond donors (Lipinski definition) is 0. The Labute approximate surface area is 161 Å². The minimum atomic E-state index is -0.0463. The molecule has 1 saturated heterocycles. The lowest BCUT2D eigenvalue weighted by Crippen LogP contribution is -2.42. The summed E-state index contributed by atoms with van der Waals surface area (Å²) in [6.45, 7) is 6.17. The molecule has 0 N–H and O–H groups in total. The van der Waals surface area contributed by atoms with Gasteiger partial charge in [0.2, 0.25) is 11.7 Å². The predicted molar refractivity (Wildman–Crippen MR) is 106 cm³/mol. The Morgan fingerprint density at radius 2 is 2.00 bits per heavy atom. The van der Waals surface area contributed by atoms with E-state index in [1.54, 1.807) is 7.05 Å². The molecule has 0 saturated carbocycles. The highest BCUT2D eigenvalue weighted by atomic mass is 32.1. The first-order valence-electron chi connectivity index (χ1n) is 9.53. The van der Waals surface area contributed by atoms with E-state index in [1.807, 2.05) is 20.7 Å². The molecule has 0 bridgehead atoms. The Kier molecular flexibility index (Phi) is 4.75. The molecule has 1 amide bonds. The predicted octanol–water partition coefficient (Wildman–Crippen LogP) is 2.47. The first-order valence-corrected chi connectivity index (χ1v) is 10.4. The van der Waals surface area contributed by atoms with Gasteiger partial charge in [-0.2, -0.15) is 0 Å². The fourth-order valence-corrected chi connectivity index (χ4v) is 5.09. The normalized spacial score (nSPS) is 20.6. The van der Waals surface area contributed by atoms with Gasteiger partial charge in [0.05, 0.1) is 5.52 Å². The molecule has 0 unspecified atom stereocenters. The third-order valence-electron chi connectivity index (χ3n) is 5.41. The Bertz CT molecular complexity index is 1040. The van der Waals surface area contributed by atoms with Gasteiger partial charge in [-0.15, -0.1) is 21.5 Å². The van der Waals surface area contributed by atoms with Crippen molar-refractivity contribution < 1.29 is 4.79 Å². The summed E-state index contributed by atoms with van der Waals surface area (Å²) in [5.74, 6) is 2.73. The van der Waals surface area contributed by atoms with E-state index in [0.29, 0.717) is 35.2 Å². The van der Waals surface area contributed by atoms with Gasteiger partial charge in [-0.3, -0.25) is 18.6 Å². The second kappa shape index (κ2) is 7.07. The van der Waals surface area contributed by atoms with Gasteiger partial charge in [0.15, 0.2) is 0 Å². The Hall–Kier alpha value is -2.22. The molecule has 1 aliphatic heterocycles. The highest BCUT2D eigenvalue weighted by molar-refractivity contribution is 7.17. The van der Waals surface area contributed by atoms with E-state index >= 15 is 0 Å². The van der Waals surface area contributed by atoms with Crippen molar-refractivity contribution in [2.45, 2.75) is 39.5 Å². The van der Waals surface area contributed by atoms with Gasteiger partial charge in [-0.25, -0.2) is 0 Å². The first kappa shape index (κ1) is 18.2. The molecule has 1 fully saturated rings. The molecule has 4 rings (SSSR count). The van der Waals surface area contributed by atoms with Gasteiger partial charge < -0.3 is 4.90 Å². The fourth-order valence-electron chi connectivity index (χ4n) is 4.24. The van der Waals surface area contributed by atoms with Crippen LogP contribution in [0.5, 0.6) is 0 Å². The van der Waals surface area contributed by atoms with E-state index < -0.39 is 0 Å². The molecule has 0 aliphatic carbocycles. The van der Waals surface area contributed by atoms with Crippen molar-refractivity contribution in [2.75, 3.05) is 13.1 Å².